The van der Waals surface area contributed by atoms with E-state index in [9.17, 15) is 18.3 Å². The molecule has 1 aliphatic heterocycles. The van der Waals surface area contributed by atoms with Crippen LogP contribution in [-0.2, 0) is 16.6 Å². The van der Waals surface area contributed by atoms with E-state index in [0.717, 1.165) is 32.7 Å². The Kier molecular flexibility index (Phi) is 5.90. The Bertz CT molecular complexity index is 965. The van der Waals surface area contributed by atoms with Crippen LogP contribution >= 0.6 is 11.6 Å². The Morgan fingerprint density at radius 1 is 1.04 bits per heavy atom. The van der Waals surface area contributed by atoms with Crippen LogP contribution in [0.1, 0.15) is 12.5 Å². The number of hydrogen-bond donors (Lipinski definition) is 1. The number of aromatic hydroxyl groups is 1. The number of pyridine rings is 1. The number of nitrogens with zero attached hydrogens (tertiary/aromatic N) is 3. The van der Waals surface area contributed by atoms with Gasteiger partial charge in [0.1, 0.15) is 0 Å². The minimum Gasteiger partial charge on any atom is -0.503 e. The number of piperazine rings is 1. The van der Waals surface area contributed by atoms with Crippen molar-refractivity contribution in [2.45, 2.75) is 18.4 Å². The van der Waals surface area contributed by atoms with Gasteiger partial charge < -0.3 is 10.0 Å². The SMILES string of the molecule is CCN1CCN(Cc2ccn(S(=O)(=O)c3ccc(Cl)cc3)c(=O)c2O)CC1. The molecule has 1 aliphatic rings. The summed E-state index contributed by atoms with van der Waals surface area (Å²) in [4.78, 5) is 16.9. The molecule has 2 aromatic rings. The lowest BCUT2D eigenvalue weighted by Crippen LogP contribution is -2.45. The normalized spacial score (nSPS) is 16.5. The minimum atomic E-state index is -4.10. The molecule has 0 atom stereocenters. The number of benzene rings is 1. The van der Waals surface area contributed by atoms with Crippen LogP contribution in [-0.4, -0.2) is 60.0 Å². The Labute approximate surface area is 163 Å². The third-order valence-corrected chi connectivity index (χ3v) is 6.72. The Morgan fingerprint density at radius 3 is 2.22 bits per heavy atom. The molecule has 0 spiro atoms. The molecule has 0 aliphatic carbocycles. The van der Waals surface area contributed by atoms with Gasteiger partial charge in [0, 0.05) is 49.5 Å². The third kappa shape index (κ3) is 4.19. The van der Waals surface area contributed by atoms with Crippen molar-refractivity contribution in [1.29, 1.82) is 0 Å². The molecule has 1 fully saturated rings. The topological polar surface area (TPSA) is 82.8 Å². The maximum Gasteiger partial charge on any atom is 0.306 e. The molecule has 1 aromatic carbocycles. The van der Waals surface area contributed by atoms with Gasteiger partial charge in [-0.25, -0.2) is 12.4 Å². The molecule has 2 heterocycles. The molecular formula is C18H22ClN3O4S. The molecule has 0 amide bonds. The lowest BCUT2D eigenvalue weighted by atomic mass is 10.2. The third-order valence-electron chi connectivity index (χ3n) is 4.79. The van der Waals surface area contributed by atoms with E-state index in [2.05, 4.69) is 16.7 Å². The van der Waals surface area contributed by atoms with Gasteiger partial charge in [0.25, 0.3) is 10.0 Å². The van der Waals surface area contributed by atoms with Crippen molar-refractivity contribution < 1.29 is 13.5 Å². The van der Waals surface area contributed by atoms with Gasteiger partial charge in [-0.1, -0.05) is 18.5 Å². The maximum atomic E-state index is 12.7. The highest BCUT2D eigenvalue weighted by molar-refractivity contribution is 7.90. The molecule has 9 heteroatoms. The van der Waals surface area contributed by atoms with Crippen molar-refractivity contribution in [3.63, 3.8) is 0 Å². The van der Waals surface area contributed by atoms with Crippen LogP contribution in [0.5, 0.6) is 5.75 Å². The fourth-order valence-electron chi connectivity index (χ4n) is 3.09. The van der Waals surface area contributed by atoms with Crippen LogP contribution in [0.2, 0.25) is 5.02 Å². The monoisotopic (exact) mass is 411 g/mol. The summed E-state index contributed by atoms with van der Waals surface area (Å²) in [5, 5.41) is 10.7. The van der Waals surface area contributed by atoms with Crippen LogP contribution in [0.25, 0.3) is 0 Å². The highest BCUT2D eigenvalue weighted by atomic mass is 35.5. The molecule has 0 radical (unpaired) electrons. The Balaban J connectivity index is 1.85. The van der Waals surface area contributed by atoms with Crippen LogP contribution < -0.4 is 5.56 Å². The van der Waals surface area contributed by atoms with E-state index in [-0.39, 0.29) is 4.90 Å². The number of halogens is 1. The number of hydrogen-bond acceptors (Lipinski definition) is 6. The van der Waals surface area contributed by atoms with E-state index >= 15 is 0 Å². The largest absolute Gasteiger partial charge is 0.503 e. The Hall–Kier alpha value is -1.87. The second-order valence-electron chi connectivity index (χ2n) is 6.46. The second-order valence-corrected chi connectivity index (χ2v) is 8.71. The van der Waals surface area contributed by atoms with Gasteiger partial charge in [0.15, 0.2) is 5.75 Å². The predicted molar refractivity (Wildman–Crippen MR) is 104 cm³/mol. The van der Waals surface area contributed by atoms with Crippen molar-refractivity contribution in [2.24, 2.45) is 0 Å². The van der Waals surface area contributed by atoms with Crippen molar-refractivity contribution in [3.8, 4) is 5.75 Å². The fourth-order valence-corrected chi connectivity index (χ4v) is 4.45. The standard InChI is InChI=1S/C18H22ClN3O4S/c1-2-20-9-11-21(12-10-20)13-14-7-8-22(18(24)17(14)23)27(25,26)16-5-3-15(19)4-6-16/h3-8,23H,2,9-13H2,1H3. The van der Waals surface area contributed by atoms with Gasteiger partial charge in [0.05, 0.1) is 4.90 Å². The molecule has 1 saturated heterocycles. The van der Waals surface area contributed by atoms with E-state index in [1.54, 1.807) is 0 Å². The molecule has 7 nitrogen and oxygen atoms in total. The number of likely N-dealkylation sites (N-methyl/N-ethyl adjacent to an activating group) is 1. The summed E-state index contributed by atoms with van der Waals surface area (Å²) in [5.41, 5.74) is -0.526. The fraction of sp³-hybridized carbons (Fsp3) is 0.389. The summed E-state index contributed by atoms with van der Waals surface area (Å²) in [6.07, 6.45) is 1.20. The zero-order chi connectivity index (χ0) is 19.6. The molecule has 0 saturated carbocycles. The van der Waals surface area contributed by atoms with Gasteiger partial charge >= 0.3 is 5.56 Å². The quantitative estimate of drug-likeness (QED) is 0.804. The van der Waals surface area contributed by atoms with E-state index < -0.39 is 21.3 Å². The zero-order valence-electron chi connectivity index (χ0n) is 15.0. The molecular weight excluding hydrogens is 390 g/mol. The first-order valence-electron chi connectivity index (χ1n) is 8.72. The summed E-state index contributed by atoms with van der Waals surface area (Å²) in [5.74, 6) is -0.534. The molecule has 1 aromatic heterocycles. The average Bonchev–Trinajstić information content (AvgIpc) is 2.66. The van der Waals surface area contributed by atoms with E-state index in [4.69, 9.17) is 11.6 Å². The molecule has 0 unspecified atom stereocenters. The number of rotatable bonds is 5. The summed E-state index contributed by atoms with van der Waals surface area (Å²) >= 11 is 5.78. The van der Waals surface area contributed by atoms with Crippen LogP contribution in [0.4, 0.5) is 0 Å². The molecule has 3 rings (SSSR count). The van der Waals surface area contributed by atoms with Gasteiger partial charge in [-0.3, -0.25) is 9.69 Å². The lowest BCUT2D eigenvalue weighted by Gasteiger charge is -2.34. The smallest absolute Gasteiger partial charge is 0.306 e. The van der Waals surface area contributed by atoms with E-state index in [1.165, 1.54) is 36.5 Å². The summed E-state index contributed by atoms with van der Waals surface area (Å²) in [6.45, 7) is 7.04. The maximum absolute atomic E-state index is 12.7. The molecule has 146 valence electrons. The molecule has 0 bridgehead atoms. The van der Waals surface area contributed by atoms with Crippen molar-refractivity contribution in [2.75, 3.05) is 32.7 Å². The molecule has 1 N–H and O–H groups in total. The summed E-state index contributed by atoms with van der Waals surface area (Å²) < 4.78 is 25.9. The Morgan fingerprint density at radius 2 is 1.63 bits per heavy atom. The van der Waals surface area contributed by atoms with Crippen LogP contribution in [0.15, 0.2) is 46.2 Å². The predicted octanol–water partition coefficient (Wildman–Crippen LogP) is 1.58. The lowest BCUT2D eigenvalue weighted by molar-refractivity contribution is 0.131. The van der Waals surface area contributed by atoms with Gasteiger partial charge in [-0.05, 0) is 36.9 Å². The highest BCUT2D eigenvalue weighted by Crippen LogP contribution is 2.19. The average molecular weight is 412 g/mol. The highest BCUT2D eigenvalue weighted by Gasteiger charge is 2.23. The first kappa shape index (κ1) is 19.9. The summed E-state index contributed by atoms with van der Waals surface area (Å²) in [7, 11) is -4.10. The van der Waals surface area contributed by atoms with E-state index in [0.29, 0.717) is 21.1 Å². The van der Waals surface area contributed by atoms with Crippen LogP contribution in [0.3, 0.4) is 0 Å². The van der Waals surface area contributed by atoms with E-state index in [1.807, 2.05) is 0 Å². The second kappa shape index (κ2) is 8.02. The van der Waals surface area contributed by atoms with Crippen molar-refractivity contribution in [3.05, 3.63) is 57.5 Å². The first-order chi connectivity index (χ1) is 12.8. The number of aromatic nitrogens is 1. The first-order valence-corrected chi connectivity index (χ1v) is 10.5. The summed E-state index contributed by atoms with van der Waals surface area (Å²) in [6, 6.07) is 6.99. The zero-order valence-corrected chi connectivity index (χ0v) is 16.6. The van der Waals surface area contributed by atoms with Gasteiger partial charge in [-0.15, -0.1) is 0 Å². The van der Waals surface area contributed by atoms with Crippen molar-refractivity contribution in [1.82, 2.24) is 13.8 Å². The van der Waals surface area contributed by atoms with Gasteiger partial charge in [0.2, 0.25) is 0 Å². The molecule has 27 heavy (non-hydrogen) atoms. The van der Waals surface area contributed by atoms with Crippen molar-refractivity contribution >= 4 is 21.6 Å². The van der Waals surface area contributed by atoms with Gasteiger partial charge in [-0.2, -0.15) is 0 Å². The van der Waals surface area contributed by atoms with Crippen LogP contribution in [0, 0.1) is 0 Å². The minimum absolute atomic E-state index is 0.0724.